The number of carbonyl (C=O) groups is 2. The number of hydrogen-bond donors (Lipinski definition) is 1. The quantitative estimate of drug-likeness (QED) is 0.854. The van der Waals surface area contributed by atoms with E-state index in [0.717, 1.165) is 31.4 Å². The Morgan fingerprint density at radius 2 is 2.12 bits per heavy atom. The van der Waals surface area contributed by atoms with Gasteiger partial charge < -0.3 is 15.0 Å². The van der Waals surface area contributed by atoms with Crippen molar-refractivity contribution >= 4 is 11.8 Å². The molecule has 138 valence electrons. The summed E-state index contributed by atoms with van der Waals surface area (Å²) in [4.78, 5) is 26.2. The molecule has 2 amide bonds. The van der Waals surface area contributed by atoms with Crippen LogP contribution in [0.3, 0.4) is 0 Å². The number of halogens is 2. The van der Waals surface area contributed by atoms with Crippen molar-refractivity contribution < 1.29 is 23.1 Å². The van der Waals surface area contributed by atoms with Crippen LogP contribution in [0.15, 0.2) is 18.2 Å². The van der Waals surface area contributed by atoms with Gasteiger partial charge in [0.1, 0.15) is 5.75 Å². The zero-order valence-electron chi connectivity index (χ0n) is 14.6. The molecule has 25 heavy (non-hydrogen) atoms. The van der Waals surface area contributed by atoms with Gasteiger partial charge in [0.25, 0.3) is 5.91 Å². The minimum absolute atomic E-state index is 0.0338. The third kappa shape index (κ3) is 5.14. The summed E-state index contributed by atoms with van der Waals surface area (Å²) in [6.45, 7) is 5.07. The summed E-state index contributed by atoms with van der Waals surface area (Å²) in [5.41, 5.74) is 0. The fraction of sp³-hybridized carbons (Fsp3) is 0.556. The highest BCUT2D eigenvalue weighted by molar-refractivity contribution is 5.83. The van der Waals surface area contributed by atoms with Crippen LogP contribution >= 0.6 is 0 Å². The van der Waals surface area contributed by atoms with E-state index in [4.69, 9.17) is 4.74 Å². The highest BCUT2D eigenvalue weighted by Gasteiger charge is 2.31. The van der Waals surface area contributed by atoms with E-state index >= 15 is 0 Å². The molecule has 0 aromatic heterocycles. The molecule has 2 atom stereocenters. The highest BCUT2D eigenvalue weighted by atomic mass is 19.2. The summed E-state index contributed by atoms with van der Waals surface area (Å²) >= 11 is 0. The first-order valence-corrected chi connectivity index (χ1v) is 8.60. The number of benzene rings is 1. The summed E-state index contributed by atoms with van der Waals surface area (Å²) in [7, 11) is 0. The van der Waals surface area contributed by atoms with E-state index in [0.29, 0.717) is 19.6 Å². The SMILES string of the molecule is CCCNC(=O)C1CCCN(C(=O)C(C)Oc2ccc(F)c(F)c2)C1. The molecule has 0 aliphatic carbocycles. The number of likely N-dealkylation sites (tertiary alicyclic amines) is 1. The van der Waals surface area contributed by atoms with Crippen molar-refractivity contribution in [1.82, 2.24) is 10.2 Å². The largest absolute Gasteiger partial charge is 0.481 e. The molecule has 2 unspecified atom stereocenters. The first kappa shape index (κ1) is 19.1. The summed E-state index contributed by atoms with van der Waals surface area (Å²) in [6.07, 6.45) is 1.51. The normalized spacial score (nSPS) is 18.6. The van der Waals surface area contributed by atoms with Gasteiger partial charge in [0, 0.05) is 25.7 Å². The van der Waals surface area contributed by atoms with Crippen LogP contribution in [0.4, 0.5) is 8.78 Å². The molecule has 1 heterocycles. The van der Waals surface area contributed by atoms with Gasteiger partial charge in [0.15, 0.2) is 17.7 Å². The molecule has 0 saturated carbocycles. The molecule has 1 aromatic carbocycles. The topological polar surface area (TPSA) is 58.6 Å². The Kier molecular flexibility index (Phi) is 6.73. The van der Waals surface area contributed by atoms with Crippen LogP contribution in [0.2, 0.25) is 0 Å². The van der Waals surface area contributed by atoms with E-state index in [1.54, 1.807) is 11.8 Å². The van der Waals surface area contributed by atoms with E-state index in [1.807, 2.05) is 6.92 Å². The molecule has 0 bridgehead atoms. The van der Waals surface area contributed by atoms with Gasteiger partial charge in [-0.25, -0.2) is 8.78 Å². The molecule has 1 aliphatic rings. The van der Waals surface area contributed by atoms with E-state index in [-0.39, 0.29) is 23.5 Å². The monoisotopic (exact) mass is 354 g/mol. The molecular weight excluding hydrogens is 330 g/mol. The number of nitrogens with zero attached hydrogens (tertiary/aromatic N) is 1. The van der Waals surface area contributed by atoms with Crippen molar-refractivity contribution in [2.24, 2.45) is 5.92 Å². The lowest BCUT2D eigenvalue weighted by atomic mass is 9.96. The van der Waals surface area contributed by atoms with Crippen LogP contribution in [0, 0.1) is 17.6 Å². The maximum absolute atomic E-state index is 13.2. The molecule has 5 nitrogen and oxygen atoms in total. The van der Waals surface area contributed by atoms with Crippen LogP contribution in [0.1, 0.15) is 33.1 Å². The van der Waals surface area contributed by atoms with Crippen molar-refractivity contribution in [3.05, 3.63) is 29.8 Å². The smallest absolute Gasteiger partial charge is 0.263 e. The minimum atomic E-state index is -1.03. The fourth-order valence-electron chi connectivity index (χ4n) is 2.85. The van der Waals surface area contributed by atoms with Crippen molar-refractivity contribution in [1.29, 1.82) is 0 Å². The maximum Gasteiger partial charge on any atom is 0.263 e. The van der Waals surface area contributed by atoms with E-state index in [2.05, 4.69) is 5.32 Å². The van der Waals surface area contributed by atoms with Crippen LogP contribution in [0.25, 0.3) is 0 Å². The van der Waals surface area contributed by atoms with Gasteiger partial charge >= 0.3 is 0 Å². The Morgan fingerprint density at radius 1 is 1.36 bits per heavy atom. The standard InChI is InChI=1S/C18H24F2N2O3/c1-3-8-21-17(23)13-5-4-9-22(11-13)18(24)12(2)25-14-6-7-15(19)16(20)10-14/h6-7,10,12-13H,3-5,8-9,11H2,1-2H3,(H,21,23). The second-order valence-corrected chi connectivity index (χ2v) is 6.25. The lowest BCUT2D eigenvalue weighted by Gasteiger charge is -2.33. The Balaban J connectivity index is 1.93. The highest BCUT2D eigenvalue weighted by Crippen LogP contribution is 2.20. The third-order valence-corrected chi connectivity index (χ3v) is 4.20. The molecule has 2 rings (SSSR count). The van der Waals surface area contributed by atoms with E-state index < -0.39 is 17.7 Å². The predicted octanol–water partition coefficient (Wildman–Crippen LogP) is 2.50. The summed E-state index contributed by atoms with van der Waals surface area (Å²) in [6, 6.07) is 3.15. The molecular formula is C18H24F2N2O3. The Morgan fingerprint density at radius 3 is 2.80 bits per heavy atom. The van der Waals surface area contributed by atoms with Gasteiger partial charge in [-0.3, -0.25) is 9.59 Å². The molecule has 1 aliphatic heterocycles. The summed E-state index contributed by atoms with van der Waals surface area (Å²) in [5, 5.41) is 2.86. The second-order valence-electron chi connectivity index (χ2n) is 6.25. The van der Waals surface area contributed by atoms with Crippen LogP contribution in [-0.2, 0) is 9.59 Å². The molecule has 0 radical (unpaired) electrons. The van der Waals surface area contributed by atoms with Crippen molar-refractivity contribution in [2.45, 2.75) is 39.2 Å². The number of hydrogen-bond acceptors (Lipinski definition) is 3. The second kappa shape index (κ2) is 8.78. The van der Waals surface area contributed by atoms with E-state index in [9.17, 15) is 18.4 Å². The number of amides is 2. The first-order chi connectivity index (χ1) is 11.9. The van der Waals surface area contributed by atoms with Gasteiger partial charge in [-0.2, -0.15) is 0 Å². The average Bonchev–Trinajstić information content (AvgIpc) is 2.62. The van der Waals surface area contributed by atoms with Crippen molar-refractivity contribution in [3.8, 4) is 5.75 Å². The Bertz CT molecular complexity index is 624. The number of carbonyl (C=O) groups excluding carboxylic acids is 2. The van der Waals surface area contributed by atoms with Gasteiger partial charge in [-0.15, -0.1) is 0 Å². The average molecular weight is 354 g/mol. The zero-order valence-corrected chi connectivity index (χ0v) is 14.6. The van der Waals surface area contributed by atoms with Crippen LogP contribution in [0.5, 0.6) is 5.75 Å². The third-order valence-electron chi connectivity index (χ3n) is 4.20. The number of piperidine rings is 1. The maximum atomic E-state index is 13.2. The molecule has 1 aromatic rings. The van der Waals surface area contributed by atoms with Gasteiger partial charge in [0.05, 0.1) is 5.92 Å². The lowest BCUT2D eigenvalue weighted by molar-refractivity contribution is -0.141. The number of rotatable bonds is 6. The molecule has 0 spiro atoms. The lowest BCUT2D eigenvalue weighted by Crippen LogP contribution is -2.49. The minimum Gasteiger partial charge on any atom is -0.481 e. The van der Waals surface area contributed by atoms with Crippen LogP contribution < -0.4 is 10.1 Å². The molecule has 7 heteroatoms. The van der Waals surface area contributed by atoms with Crippen LogP contribution in [-0.4, -0.2) is 42.5 Å². The molecule has 1 N–H and O–H groups in total. The van der Waals surface area contributed by atoms with E-state index in [1.165, 1.54) is 6.07 Å². The fourth-order valence-corrected chi connectivity index (χ4v) is 2.85. The van der Waals surface area contributed by atoms with Gasteiger partial charge in [-0.1, -0.05) is 6.92 Å². The molecule has 1 saturated heterocycles. The molecule has 1 fully saturated rings. The Labute approximate surface area is 146 Å². The Hall–Kier alpha value is -2.18. The predicted molar refractivity (Wildman–Crippen MR) is 89.1 cm³/mol. The van der Waals surface area contributed by atoms with Gasteiger partial charge in [-0.05, 0) is 38.3 Å². The first-order valence-electron chi connectivity index (χ1n) is 8.60. The van der Waals surface area contributed by atoms with Crippen molar-refractivity contribution in [3.63, 3.8) is 0 Å². The number of ether oxygens (including phenoxy) is 1. The van der Waals surface area contributed by atoms with Gasteiger partial charge in [0.2, 0.25) is 5.91 Å². The van der Waals surface area contributed by atoms with Crippen molar-refractivity contribution in [2.75, 3.05) is 19.6 Å². The summed E-state index contributed by atoms with van der Waals surface area (Å²) in [5.74, 6) is -2.42. The number of nitrogens with one attached hydrogen (secondary N) is 1. The summed E-state index contributed by atoms with van der Waals surface area (Å²) < 4.78 is 31.6. The zero-order chi connectivity index (χ0) is 18.4.